The molecule has 0 aromatic carbocycles. The molecule has 0 saturated heterocycles. The number of rotatable bonds is 0. The maximum absolute atomic E-state index is 10.2. The maximum Gasteiger partial charge on any atom is 0.130 e. The third kappa shape index (κ3) is 0.494. The smallest absolute Gasteiger partial charge is 0.130 e. The molecule has 1 heteroatoms. The third-order valence-corrected chi connectivity index (χ3v) is 0.713. The minimum Gasteiger partial charge on any atom is -0.224 e. The molecular formula is C5H5O. The van der Waals surface area contributed by atoms with Crippen LogP contribution in [-0.2, 0) is 5.11 Å². The molecule has 0 atom stereocenters. The SMILES string of the molecule is [O]C1C=CC=C1. The summed E-state index contributed by atoms with van der Waals surface area (Å²) in [6.07, 6.45) is 6.18. The first-order chi connectivity index (χ1) is 2.89. The van der Waals surface area contributed by atoms with Crippen LogP contribution in [0.3, 0.4) is 0 Å². The molecule has 0 saturated carbocycles. The Kier molecular flexibility index (Phi) is 0.765. The molecule has 1 rings (SSSR count). The van der Waals surface area contributed by atoms with Crippen LogP contribution in [0.25, 0.3) is 0 Å². The van der Waals surface area contributed by atoms with Gasteiger partial charge in [0.1, 0.15) is 6.10 Å². The molecule has 1 aliphatic carbocycles. The Balaban J connectivity index is 2.60. The summed E-state index contributed by atoms with van der Waals surface area (Å²) in [7, 11) is 0. The van der Waals surface area contributed by atoms with Crippen molar-refractivity contribution in [3.63, 3.8) is 0 Å². The van der Waals surface area contributed by atoms with Crippen LogP contribution in [0.15, 0.2) is 24.3 Å². The Morgan fingerprint density at radius 1 is 1.17 bits per heavy atom. The molecule has 0 spiro atoms. The summed E-state index contributed by atoms with van der Waals surface area (Å²) in [5.74, 6) is 0. The Hall–Kier alpha value is -0.560. The lowest BCUT2D eigenvalue weighted by molar-refractivity contribution is 0.172. The molecule has 0 bridgehead atoms. The summed E-state index contributed by atoms with van der Waals surface area (Å²) in [6.45, 7) is 0. The average molecular weight is 81.1 g/mol. The lowest BCUT2D eigenvalue weighted by Crippen LogP contribution is -1.86. The number of hydrogen-bond acceptors (Lipinski definition) is 0. The van der Waals surface area contributed by atoms with Crippen molar-refractivity contribution < 1.29 is 5.11 Å². The lowest BCUT2D eigenvalue weighted by atomic mass is 10.4. The largest absolute Gasteiger partial charge is 0.224 e. The summed E-state index contributed by atoms with van der Waals surface area (Å²) in [5, 5.41) is 10.2. The summed E-state index contributed by atoms with van der Waals surface area (Å²) < 4.78 is 0. The van der Waals surface area contributed by atoms with Crippen molar-refractivity contribution in [2.24, 2.45) is 0 Å². The van der Waals surface area contributed by atoms with Crippen LogP contribution in [0, 0.1) is 0 Å². The van der Waals surface area contributed by atoms with Crippen molar-refractivity contribution in [2.45, 2.75) is 6.10 Å². The fourth-order valence-electron chi connectivity index (χ4n) is 0.411. The molecule has 0 unspecified atom stereocenters. The van der Waals surface area contributed by atoms with Gasteiger partial charge in [-0.05, 0) is 12.2 Å². The van der Waals surface area contributed by atoms with Gasteiger partial charge < -0.3 is 0 Å². The van der Waals surface area contributed by atoms with E-state index >= 15 is 0 Å². The van der Waals surface area contributed by atoms with Crippen LogP contribution in [0.1, 0.15) is 0 Å². The van der Waals surface area contributed by atoms with E-state index in [1.165, 1.54) is 0 Å². The van der Waals surface area contributed by atoms with Crippen LogP contribution >= 0.6 is 0 Å². The summed E-state index contributed by atoms with van der Waals surface area (Å²) in [6, 6.07) is 0. The summed E-state index contributed by atoms with van der Waals surface area (Å²) in [5.41, 5.74) is 0. The summed E-state index contributed by atoms with van der Waals surface area (Å²) in [4.78, 5) is 0. The van der Waals surface area contributed by atoms with Crippen molar-refractivity contribution in [3.05, 3.63) is 24.3 Å². The zero-order valence-electron chi connectivity index (χ0n) is 3.29. The van der Waals surface area contributed by atoms with Gasteiger partial charge in [-0.25, -0.2) is 5.11 Å². The van der Waals surface area contributed by atoms with Crippen LogP contribution < -0.4 is 0 Å². The standard InChI is InChI=1S/C5H5O/c6-5-3-1-2-4-5/h1-5H. The monoisotopic (exact) mass is 81.0 g/mol. The molecule has 0 fully saturated rings. The Bertz CT molecular complexity index is 80.1. The van der Waals surface area contributed by atoms with Gasteiger partial charge in [-0.3, -0.25) is 0 Å². The van der Waals surface area contributed by atoms with Crippen molar-refractivity contribution in [3.8, 4) is 0 Å². The van der Waals surface area contributed by atoms with Crippen molar-refractivity contribution in [1.29, 1.82) is 0 Å². The zero-order valence-corrected chi connectivity index (χ0v) is 3.29. The van der Waals surface area contributed by atoms with E-state index < -0.39 is 6.10 Å². The third-order valence-electron chi connectivity index (χ3n) is 0.713. The average Bonchev–Trinajstić information content (AvgIpc) is 1.86. The number of hydrogen-bond donors (Lipinski definition) is 0. The fraction of sp³-hybridized carbons (Fsp3) is 0.200. The zero-order chi connectivity index (χ0) is 4.41. The van der Waals surface area contributed by atoms with E-state index in [-0.39, 0.29) is 0 Å². The van der Waals surface area contributed by atoms with Crippen molar-refractivity contribution >= 4 is 0 Å². The first-order valence-corrected chi connectivity index (χ1v) is 1.90. The topological polar surface area (TPSA) is 19.9 Å². The van der Waals surface area contributed by atoms with E-state index in [0.29, 0.717) is 0 Å². The van der Waals surface area contributed by atoms with Crippen molar-refractivity contribution in [2.75, 3.05) is 0 Å². The first-order valence-electron chi connectivity index (χ1n) is 1.90. The minimum absolute atomic E-state index is 0.565. The quantitative estimate of drug-likeness (QED) is 0.413. The normalized spacial score (nSPS) is 20.2. The van der Waals surface area contributed by atoms with Gasteiger partial charge in [0, 0.05) is 0 Å². The van der Waals surface area contributed by atoms with Crippen LogP contribution in [0.2, 0.25) is 0 Å². The van der Waals surface area contributed by atoms with Gasteiger partial charge in [-0.15, -0.1) is 0 Å². The molecule has 0 amide bonds. The molecule has 0 heterocycles. The molecule has 1 nitrogen and oxygen atoms in total. The van der Waals surface area contributed by atoms with Gasteiger partial charge in [0.25, 0.3) is 0 Å². The fourth-order valence-corrected chi connectivity index (χ4v) is 0.411. The van der Waals surface area contributed by atoms with E-state index in [4.69, 9.17) is 0 Å². The highest BCUT2D eigenvalue weighted by atomic mass is 16.3. The van der Waals surface area contributed by atoms with Gasteiger partial charge >= 0.3 is 0 Å². The molecule has 31 valence electrons. The summed E-state index contributed by atoms with van der Waals surface area (Å²) >= 11 is 0. The molecule has 0 aliphatic heterocycles. The van der Waals surface area contributed by atoms with Crippen LogP contribution in [0.4, 0.5) is 0 Å². The Morgan fingerprint density at radius 2 is 1.67 bits per heavy atom. The highest BCUT2D eigenvalue weighted by molar-refractivity contribution is 5.17. The van der Waals surface area contributed by atoms with E-state index in [1.54, 1.807) is 24.3 Å². The van der Waals surface area contributed by atoms with Crippen LogP contribution in [0.5, 0.6) is 0 Å². The van der Waals surface area contributed by atoms with Gasteiger partial charge in [0.15, 0.2) is 0 Å². The van der Waals surface area contributed by atoms with Gasteiger partial charge in [0.05, 0.1) is 0 Å². The second kappa shape index (κ2) is 1.27. The molecule has 1 radical (unpaired) electrons. The molecule has 0 aromatic rings. The van der Waals surface area contributed by atoms with Gasteiger partial charge in [0.2, 0.25) is 0 Å². The molecule has 1 aliphatic rings. The maximum atomic E-state index is 10.2. The molecule has 6 heavy (non-hydrogen) atoms. The van der Waals surface area contributed by atoms with E-state index in [9.17, 15) is 5.11 Å². The van der Waals surface area contributed by atoms with E-state index in [0.717, 1.165) is 0 Å². The molecule has 0 aromatic heterocycles. The highest BCUT2D eigenvalue weighted by Gasteiger charge is 1.94. The van der Waals surface area contributed by atoms with E-state index in [1.807, 2.05) is 0 Å². The van der Waals surface area contributed by atoms with Crippen molar-refractivity contribution in [1.82, 2.24) is 0 Å². The predicted molar refractivity (Wildman–Crippen MR) is 22.8 cm³/mol. The number of allylic oxidation sites excluding steroid dienone is 2. The molecule has 0 N–H and O–H groups in total. The van der Waals surface area contributed by atoms with Gasteiger partial charge in [-0.2, -0.15) is 0 Å². The lowest BCUT2D eigenvalue weighted by Gasteiger charge is -1.79. The second-order valence-corrected chi connectivity index (χ2v) is 1.23. The van der Waals surface area contributed by atoms with E-state index in [2.05, 4.69) is 0 Å². The minimum atomic E-state index is -0.565. The Morgan fingerprint density at radius 3 is 1.83 bits per heavy atom. The van der Waals surface area contributed by atoms with Gasteiger partial charge in [-0.1, -0.05) is 12.2 Å². The predicted octanol–water partition coefficient (Wildman–Crippen LogP) is 0.911. The second-order valence-electron chi connectivity index (χ2n) is 1.23. The molecular weight excluding hydrogens is 76.1 g/mol. The first kappa shape index (κ1) is 3.62. The van der Waals surface area contributed by atoms with Crippen LogP contribution in [-0.4, -0.2) is 6.10 Å². The highest BCUT2D eigenvalue weighted by Crippen LogP contribution is 1.96. The Labute approximate surface area is 36.6 Å².